The average molecular weight is 722 g/mol. The van der Waals surface area contributed by atoms with Gasteiger partial charge in [0.2, 0.25) is 11.8 Å². The van der Waals surface area contributed by atoms with Crippen LogP contribution in [-0.4, -0.2) is 94.4 Å². The van der Waals surface area contributed by atoms with Crippen molar-refractivity contribution in [2.75, 3.05) is 20.6 Å². The lowest BCUT2D eigenvalue weighted by atomic mass is 9.91. The number of carboxylic acid groups (broad SMARTS) is 1. The van der Waals surface area contributed by atoms with Gasteiger partial charge < -0.3 is 25.4 Å². The lowest BCUT2D eigenvalue weighted by Crippen LogP contribution is -2.58. The van der Waals surface area contributed by atoms with E-state index in [-0.39, 0.29) is 48.2 Å². The third-order valence-corrected chi connectivity index (χ3v) is 10.3. The zero-order valence-electron chi connectivity index (χ0n) is 32.1. The molecule has 52 heavy (non-hydrogen) atoms. The molecule has 1 aromatic heterocycles. The van der Waals surface area contributed by atoms with Gasteiger partial charge in [0.25, 0.3) is 5.91 Å². The number of likely N-dealkylation sites (N-methyl/N-ethyl adjacent to an activating group) is 2. The number of aromatic nitrogens is 1. The van der Waals surface area contributed by atoms with Gasteiger partial charge in [0.05, 0.1) is 17.7 Å². The molecule has 0 saturated carbocycles. The predicted octanol–water partition coefficient (Wildman–Crippen LogP) is 5.03. The molecule has 12 heteroatoms. The number of amides is 3. The lowest BCUT2D eigenvalue weighted by molar-refractivity contribution is -0.149. The van der Waals surface area contributed by atoms with Crippen molar-refractivity contribution in [3.05, 3.63) is 65.5 Å². The van der Waals surface area contributed by atoms with E-state index in [0.717, 1.165) is 31.4 Å². The van der Waals surface area contributed by atoms with Crippen LogP contribution in [0.2, 0.25) is 0 Å². The van der Waals surface area contributed by atoms with E-state index in [9.17, 15) is 29.1 Å². The van der Waals surface area contributed by atoms with Crippen molar-refractivity contribution in [2.24, 2.45) is 17.8 Å². The molecule has 3 amide bonds. The van der Waals surface area contributed by atoms with Crippen LogP contribution in [0.5, 0.6) is 0 Å². The third-order valence-electron chi connectivity index (χ3n) is 10.3. The maximum Gasteiger partial charge on any atom is 0.306 e. The molecule has 1 aromatic carbocycles. The van der Waals surface area contributed by atoms with Crippen LogP contribution in [0.25, 0.3) is 0 Å². The summed E-state index contributed by atoms with van der Waals surface area (Å²) in [5, 5.41) is 15.6. The van der Waals surface area contributed by atoms with Crippen LogP contribution >= 0.6 is 0 Å². The molecule has 2 aromatic rings. The van der Waals surface area contributed by atoms with Crippen molar-refractivity contribution in [3.63, 3.8) is 0 Å². The SMILES string of the molecule is CCC(C)C(NC(=O)[C@H]1CCCCN1C)C(=O)N(C)C(CC(OC(C)=O)c1cccc(C(=O)NC(Cc2ccccc2)CC(C)C(=O)O)n1)C(C)C. The molecule has 286 valence electrons. The van der Waals surface area contributed by atoms with Gasteiger partial charge in [0.1, 0.15) is 17.8 Å². The Bertz CT molecular complexity index is 1500. The zero-order chi connectivity index (χ0) is 38.5. The van der Waals surface area contributed by atoms with E-state index < -0.39 is 48.0 Å². The fourth-order valence-electron chi connectivity index (χ4n) is 6.88. The summed E-state index contributed by atoms with van der Waals surface area (Å²) in [6.07, 6.45) is 3.42. The molecule has 2 heterocycles. The van der Waals surface area contributed by atoms with Crippen LogP contribution in [0, 0.1) is 17.8 Å². The molecule has 1 fully saturated rings. The van der Waals surface area contributed by atoms with Crippen molar-refractivity contribution in [2.45, 2.75) is 117 Å². The van der Waals surface area contributed by atoms with E-state index in [0.29, 0.717) is 18.5 Å². The number of carbonyl (C=O) groups excluding carboxylic acids is 4. The Labute approximate surface area is 309 Å². The van der Waals surface area contributed by atoms with Crippen molar-refractivity contribution in [3.8, 4) is 0 Å². The molecule has 0 bridgehead atoms. The van der Waals surface area contributed by atoms with E-state index in [2.05, 4.69) is 15.6 Å². The Morgan fingerprint density at radius 1 is 0.981 bits per heavy atom. The molecule has 3 rings (SSSR count). The number of benzene rings is 1. The van der Waals surface area contributed by atoms with E-state index >= 15 is 0 Å². The fourth-order valence-corrected chi connectivity index (χ4v) is 6.88. The number of carboxylic acids is 1. The Morgan fingerprint density at radius 2 is 1.67 bits per heavy atom. The van der Waals surface area contributed by atoms with Gasteiger partial charge in [0.15, 0.2) is 0 Å². The monoisotopic (exact) mass is 721 g/mol. The van der Waals surface area contributed by atoms with Crippen LogP contribution < -0.4 is 10.6 Å². The number of rotatable bonds is 18. The molecule has 3 N–H and O–H groups in total. The highest BCUT2D eigenvalue weighted by molar-refractivity contribution is 5.92. The quantitative estimate of drug-likeness (QED) is 0.180. The minimum atomic E-state index is -0.950. The van der Waals surface area contributed by atoms with E-state index in [1.54, 1.807) is 37.1 Å². The Morgan fingerprint density at radius 3 is 2.27 bits per heavy atom. The van der Waals surface area contributed by atoms with Gasteiger partial charge >= 0.3 is 11.9 Å². The van der Waals surface area contributed by atoms with Gasteiger partial charge in [-0.2, -0.15) is 0 Å². The molecule has 12 nitrogen and oxygen atoms in total. The summed E-state index contributed by atoms with van der Waals surface area (Å²) in [7, 11) is 3.66. The van der Waals surface area contributed by atoms with Crippen molar-refractivity contribution < 1.29 is 33.8 Å². The number of nitrogens with one attached hydrogen (secondary N) is 2. The second-order valence-electron chi connectivity index (χ2n) is 14.7. The van der Waals surface area contributed by atoms with Crippen LogP contribution in [-0.2, 0) is 30.3 Å². The van der Waals surface area contributed by atoms with Gasteiger partial charge in [0, 0.05) is 32.5 Å². The highest BCUT2D eigenvalue weighted by Gasteiger charge is 2.37. The first-order chi connectivity index (χ1) is 24.6. The Hall–Kier alpha value is -4.32. The molecule has 0 radical (unpaired) electrons. The Kier molecular flexibility index (Phi) is 16.2. The molecular formula is C40H59N5O7. The first-order valence-electron chi connectivity index (χ1n) is 18.6. The number of piperidine rings is 1. The summed E-state index contributed by atoms with van der Waals surface area (Å²) in [6.45, 7) is 11.7. The standard InChI is InChI=1S/C40H59N5O7/c1-9-26(4)36(43-38(48)33-20-13-14-21-44(33)7)39(49)45(8)34(25(2)3)24-35(52-28(6)46)31-18-15-19-32(42-31)37(47)41-30(22-27(5)40(50)51)23-29-16-11-10-12-17-29/h10-12,15-19,25-27,30,33-36H,9,13-14,20-24H2,1-8H3,(H,41,47)(H,43,48)(H,50,51)/t26?,27?,30?,33-,34?,35?,36?/m1/s1. The maximum absolute atomic E-state index is 14.2. The van der Waals surface area contributed by atoms with Gasteiger partial charge in [-0.1, -0.05) is 83.9 Å². The molecule has 6 unspecified atom stereocenters. The summed E-state index contributed by atoms with van der Waals surface area (Å²) in [5.41, 5.74) is 1.39. The van der Waals surface area contributed by atoms with Crippen molar-refractivity contribution >= 4 is 29.7 Å². The summed E-state index contributed by atoms with van der Waals surface area (Å²) in [6, 6.07) is 12.5. The number of aliphatic carboxylic acids is 1. The number of ether oxygens (including phenoxy) is 1. The van der Waals surface area contributed by atoms with E-state index in [1.807, 2.05) is 70.0 Å². The molecule has 0 aliphatic carbocycles. The minimum Gasteiger partial charge on any atom is -0.481 e. The number of pyridine rings is 1. The summed E-state index contributed by atoms with van der Waals surface area (Å²) in [5.74, 6) is -3.20. The van der Waals surface area contributed by atoms with Crippen LogP contribution in [0.4, 0.5) is 0 Å². The number of hydrogen-bond donors (Lipinski definition) is 3. The number of esters is 1. The number of likely N-dealkylation sites (tertiary alicyclic amines) is 1. The van der Waals surface area contributed by atoms with Gasteiger partial charge in [-0.05, 0) is 68.8 Å². The maximum atomic E-state index is 14.2. The van der Waals surface area contributed by atoms with Crippen molar-refractivity contribution in [1.29, 1.82) is 0 Å². The highest BCUT2D eigenvalue weighted by atomic mass is 16.5. The van der Waals surface area contributed by atoms with Crippen LogP contribution in [0.1, 0.15) is 108 Å². The zero-order valence-corrected chi connectivity index (χ0v) is 32.1. The number of carbonyl (C=O) groups is 5. The molecule has 0 spiro atoms. The van der Waals surface area contributed by atoms with Gasteiger partial charge in [-0.3, -0.25) is 28.9 Å². The normalized spacial score (nSPS) is 18.3. The predicted molar refractivity (Wildman–Crippen MR) is 199 cm³/mol. The van der Waals surface area contributed by atoms with Crippen LogP contribution in [0.15, 0.2) is 48.5 Å². The molecule has 1 aliphatic heterocycles. The highest BCUT2D eigenvalue weighted by Crippen LogP contribution is 2.29. The van der Waals surface area contributed by atoms with E-state index in [1.165, 1.54) is 6.92 Å². The summed E-state index contributed by atoms with van der Waals surface area (Å²) < 4.78 is 5.79. The lowest BCUT2D eigenvalue weighted by Gasteiger charge is -2.38. The first-order valence-corrected chi connectivity index (χ1v) is 18.6. The van der Waals surface area contributed by atoms with Crippen molar-refractivity contribution in [1.82, 2.24) is 25.4 Å². The average Bonchev–Trinajstić information content (AvgIpc) is 3.11. The van der Waals surface area contributed by atoms with E-state index in [4.69, 9.17) is 4.74 Å². The Balaban J connectivity index is 1.85. The minimum absolute atomic E-state index is 0.0637. The van der Waals surface area contributed by atoms with Gasteiger partial charge in [-0.25, -0.2) is 4.98 Å². The second-order valence-corrected chi connectivity index (χ2v) is 14.7. The smallest absolute Gasteiger partial charge is 0.306 e. The molecule has 7 atom stereocenters. The molecule has 1 saturated heterocycles. The first kappa shape index (κ1) is 42.1. The summed E-state index contributed by atoms with van der Waals surface area (Å²) in [4.78, 5) is 73.6. The largest absolute Gasteiger partial charge is 0.481 e. The topological polar surface area (TPSA) is 158 Å². The second kappa shape index (κ2) is 20.1. The third kappa shape index (κ3) is 12.1. The fraction of sp³-hybridized carbons (Fsp3) is 0.600. The molecular weight excluding hydrogens is 662 g/mol. The number of hydrogen-bond acceptors (Lipinski definition) is 8. The summed E-state index contributed by atoms with van der Waals surface area (Å²) >= 11 is 0. The van der Waals surface area contributed by atoms with Gasteiger partial charge in [-0.15, -0.1) is 0 Å². The number of nitrogens with zero attached hydrogens (tertiary/aromatic N) is 3. The molecule has 1 aliphatic rings. The van der Waals surface area contributed by atoms with Crippen LogP contribution in [0.3, 0.4) is 0 Å².